The van der Waals surface area contributed by atoms with Crippen LogP contribution < -0.4 is 10.5 Å². The van der Waals surface area contributed by atoms with Gasteiger partial charge >= 0.3 is 0 Å². The third kappa shape index (κ3) is 3.14. The van der Waals surface area contributed by atoms with Crippen LogP contribution in [-0.4, -0.2) is 28.6 Å². The average Bonchev–Trinajstić information content (AvgIpc) is 2.61. The number of hydrogen-bond donors (Lipinski definition) is 2. The predicted molar refractivity (Wildman–Crippen MR) is 72.6 cm³/mol. The minimum Gasteiger partial charge on any atom is -0.399 e. The Morgan fingerprint density at radius 2 is 2.05 bits per heavy atom. The van der Waals surface area contributed by atoms with Crippen LogP contribution in [0.5, 0.6) is 0 Å². The molecule has 0 aromatic heterocycles. The van der Waals surface area contributed by atoms with Crippen molar-refractivity contribution in [2.75, 3.05) is 11.5 Å². The molecule has 0 saturated carbocycles. The highest BCUT2D eigenvalue weighted by Crippen LogP contribution is 2.18. The minimum absolute atomic E-state index is 0.0666. The molecule has 0 fully saturated rings. The van der Waals surface area contributed by atoms with Gasteiger partial charge in [-0.3, -0.25) is 0 Å². The van der Waals surface area contributed by atoms with Gasteiger partial charge in [-0.05, 0) is 30.7 Å². The summed E-state index contributed by atoms with van der Waals surface area (Å²) in [7, 11) is -7.05. The minimum atomic E-state index is -3.75. The maximum atomic E-state index is 12.1. The van der Waals surface area contributed by atoms with Crippen LogP contribution in [0.25, 0.3) is 0 Å². The standard InChI is InChI=1S/C11H14N2O4S2/c1-8-6-10(2-3-11(8)12)19(16,17)13-9-4-5-18(14,15)7-9/h2-6,9,13H,7,12H2,1H3. The molecule has 0 bridgehead atoms. The molecule has 1 unspecified atom stereocenters. The van der Waals surface area contributed by atoms with Crippen molar-refractivity contribution in [3.05, 3.63) is 35.2 Å². The van der Waals surface area contributed by atoms with Gasteiger partial charge in [0.1, 0.15) is 0 Å². The van der Waals surface area contributed by atoms with Crippen LogP contribution >= 0.6 is 0 Å². The zero-order chi connectivity index (χ0) is 14.3. The lowest BCUT2D eigenvalue weighted by atomic mass is 10.2. The third-order valence-electron chi connectivity index (χ3n) is 2.79. The number of sulfone groups is 1. The van der Waals surface area contributed by atoms with E-state index in [-0.39, 0.29) is 10.6 Å². The molecule has 104 valence electrons. The first-order valence-corrected chi connectivity index (χ1v) is 8.69. The van der Waals surface area contributed by atoms with Gasteiger partial charge in [0.25, 0.3) is 0 Å². The highest BCUT2D eigenvalue weighted by atomic mass is 32.2. The fourth-order valence-electron chi connectivity index (χ4n) is 1.73. The Morgan fingerprint density at radius 1 is 1.37 bits per heavy atom. The van der Waals surface area contributed by atoms with Gasteiger partial charge < -0.3 is 5.73 Å². The van der Waals surface area contributed by atoms with Crippen LogP contribution in [0.3, 0.4) is 0 Å². The number of nitrogens with two attached hydrogens (primary N) is 1. The van der Waals surface area contributed by atoms with E-state index in [1.54, 1.807) is 6.92 Å². The van der Waals surface area contributed by atoms with Gasteiger partial charge in [0, 0.05) is 11.1 Å². The van der Waals surface area contributed by atoms with Crippen LogP contribution in [0.15, 0.2) is 34.6 Å². The number of nitrogens with one attached hydrogen (secondary N) is 1. The van der Waals surface area contributed by atoms with E-state index in [2.05, 4.69) is 4.72 Å². The lowest BCUT2D eigenvalue weighted by molar-refractivity contribution is 0.575. The Kier molecular flexibility index (Phi) is 3.41. The molecule has 0 radical (unpaired) electrons. The quantitative estimate of drug-likeness (QED) is 0.774. The Labute approximate surface area is 112 Å². The van der Waals surface area contributed by atoms with Crippen molar-refractivity contribution in [2.24, 2.45) is 0 Å². The molecule has 6 nitrogen and oxygen atoms in total. The lowest BCUT2D eigenvalue weighted by Crippen LogP contribution is -2.35. The van der Waals surface area contributed by atoms with E-state index in [4.69, 9.17) is 5.73 Å². The molecule has 0 saturated heterocycles. The van der Waals surface area contributed by atoms with Crippen molar-refractivity contribution >= 4 is 25.5 Å². The first kappa shape index (κ1) is 14.0. The van der Waals surface area contributed by atoms with Crippen LogP contribution in [-0.2, 0) is 19.9 Å². The second-order valence-electron chi connectivity index (χ2n) is 4.40. The Balaban J connectivity index is 2.24. The van der Waals surface area contributed by atoms with Crippen molar-refractivity contribution in [3.8, 4) is 0 Å². The summed E-state index contributed by atoms with van der Waals surface area (Å²) in [5.41, 5.74) is 6.78. The Morgan fingerprint density at radius 3 is 2.58 bits per heavy atom. The maximum Gasteiger partial charge on any atom is 0.241 e. The van der Waals surface area contributed by atoms with E-state index in [1.165, 1.54) is 24.3 Å². The van der Waals surface area contributed by atoms with Crippen molar-refractivity contribution in [3.63, 3.8) is 0 Å². The number of aryl methyl sites for hydroxylation is 1. The lowest BCUT2D eigenvalue weighted by Gasteiger charge is -2.11. The summed E-state index contributed by atoms with van der Waals surface area (Å²) in [6.07, 6.45) is 1.33. The smallest absolute Gasteiger partial charge is 0.241 e. The van der Waals surface area contributed by atoms with Crippen molar-refractivity contribution < 1.29 is 16.8 Å². The monoisotopic (exact) mass is 302 g/mol. The largest absolute Gasteiger partial charge is 0.399 e. The molecule has 2 rings (SSSR count). The van der Waals surface area contributed by atoms with Gasteiger partial charge in [0.05, 0.1) is 16.7 Å². The number of nitrogen functional groups attached to an aromatic ring is 1. The number of sulfonamides is 1. The van der Waals surface area contributed by atoms with Gasteiger partial charge in [-0.2, -0.15) is 0 Å². The number of benzene rings is 1. The van der Waals surface area contributed by atoms with E-state index in [0.29, 0.717) is 11.3 Å². The SMILES string of the molecule is Cc1cc(S(=O)(=O)NC2C=CS(=O)(=O)C2)ccc1N. The number of anilines is 1. The molecule has 0 spiro atoms. The second-order valence-corrected chi connectivity index (χ2v) is 8.05. The van der Waals surface area contributed by atoms with Crippen molar-refractivity contribution in [1.29, 1.82) is 0 Å². The molecular weight excluding hydrogens is 288 g/mol. The molecule has 3 N–H and O–H groups in total. The van der Waals surface area contributed by atoms with Crippen LogP contribution in [0.2, 0.25) is 0 Å². The molecule has 0 amide bonds. The van der Waals surface area contributed by atoms with Gasteiger partial charge in [-0.25, -0.2) is 21.6 Å². The molecular formula is C11H14N2O4S2. The van der Waals surface area contributed by atoms with Crippen molar-refractivity contribution in [2.45, 2.75) is 17.9 Å². The number of hydrogen-bond acceptors (Lipinski definition) is 5. The Bertz CT molecular complexity index is 736. The normalized spacial score (nSPS) is 21.6. The van der Waals surface area contributed by atoms with E-state index in [1.807, 2.05) is 0 Å². The molecule has 0 aliphatic carbocycles. The van der Waals surface area contributed by atoms with Gasteiger partial charge in [0.15, 0.2) is 9.84 Å². The van der Waals surface area contributed by atoms with Gasteiger partial charge in [-0.1, -0.05) is 6.08 Å². The summed E-state index contributed by atoms with van der Waals surface area (Å²) in [6.45, 7) is 1.70. The van der Waals surface area contributed by atoms with E-state index < -0.39 is 25.9 Å². The fourth-order valence-corrected chi connectivity index (χ4v) is 4.35. The summed E-state index contributed by atoms with van der Waals surface area (Å²) >= 11 is 0. The summed E-state index contributed by atoms with van der Waals surface area (Å²) in [6, 6.07) is 3.61. The summed E-state index contributed by atoms with van der Waals surface area (Å²) in [4.78, 5) is 0.0666. The van der Waals surface area contributed by atoms with Crippen LogP contribution in [0, 0.1) is 6.92 Å². The first-order chi connectivity index (χ1) is 8.70. The maximum absolute atomic E-state index is 12.1. The molecule has 1 aliphatic heterocycles. The molecule has 1 atom stereocenters. The molecule has 1 aliphatic rings. The van der Waals surface area contributed by atoms with Crippen LogP contribution in [0.1, 0.15) is 5.56 Å². The highest BCUT2D eigenvalue weighted by molar-refractivity contribution is 7.94. The summed E-state index contributed by atoms with van der Waals surface area (Å²) < 4.78 is 49.0. The summed E-state index contributed by atoms with van der Waals surface area (Å²) in [5.74, 6) is -0.250. The first-order valence-electron chi connectivity index (χ1n) is 5.49. The topological polar surface area (TPSA) is 106 Å². The van der Waals surface area contributed by atoms with E-state index in [9.17, 15) is 16.8 Å². The summed E-state index contributed by atoms with van der Waals surface area (Å²) in [5, 5.41) is 1.02. The third-order valence-corrected chi connectivity index (χ3v) is 5.67. The molecule has 19 heavy (non-hydrogen) atoms. The van der Waals surface area contributed by atoms with Crippen LogP contribution in [0.4, 0.5) is 5.69 Å². The molecule has 1 aromatic rings. The average molecular weight is 302 g/mol. The number of rotatable bonds is 3. The van der Waals surface area contributed by atoms with Crippen molar-refractivity contribution in [1.82, 2.24) is 4.72 Å². The second kappa shape index (κ2) is 4.62. The highest BCUT2D eigenvalue weighted by Gasteiger charge is 2.26. The van der Waals surface area contributed by atoms with Gasteiger partial charge in [-0.15, -0.1) is 0 Å². The zero-order valence-corrected chi connectivity index (χ0v) is 11.8. The zero-order valence-electron chi connectivity index (χ0n) is 10.2. The Hall–Kier alpha value is -1.38. The molecule has 1 heterocycles. The van der Waals surface area contributed by atoms with E-state index in [0.717, 1.165) is 5.41 Å². The predicted octanol–water partition coefficient (Wildman–Crippen LogP) is 0.166. The fraction of sp³-hybridized carbons (Fsp3) is 0.273. The van der Waals surface area contributed by atoms with E-state index >= 15 is 0 Å². The molecule has 8 heteroatoms. The molecule has 1 aromatic carbocycles. The van der Waals surface area contributed by atoms with Gasteiger partial charge in [0.2, 0.25) is 10.0 Å².